The Labute approximate surface area is 213 Å². The molecule has 2 aliphatic rings. The van der Waals surface area contributed by atoms with Crippen LogP contribution < -0.4 is 5.32 Å². The summed E-state index contributed by atoms with van der Waals surface area (Å²) in [5.74, 6) is -0.0667. The van der Waals surface area contributed by atoms with E-state index in [0.29, 0.717) is 11.6 Å². The minimum absolute atomic E-state index is 0.0667. The maximum absolute atomic E-state index is 12.5. The summed E-state index contributed by atoms with van der Waals surface area (Å²) in [6.45, 7) is 8.31. The van der Waals surface area contributed by atoms with Crippen LogP contribution >= 0.6 is 0 Å². The van der Waals surface area contributed by atoms with Crippen molar-refractivity contribution >= 4 is 17.1 Å². The van der Waals surface area contributed by atoms with Crippen LogP contribution in [0.3, 0.4) is 0 Å². The van der Waals surface area contributed by atoms with Gasteiger partial charge in [0.25, 0.3) is 5.91 Å². The number of carbonyl (C=O) groups excluding carboxylic acids is 1. The zero-order chi connectivity index (χ0) is 25.1. The highest BCUT2D eigenvalue weighted by Crippen LogP contribution is 2.35. The van der Waals surface area contributed by atoms with Gasteiger partial charge in [-0.15, -0.1) is 0 Å². The van der Waals surface area contributed by atoms with Crippen LogP contribution in [0.1, 0.15) is 41.9 Å². The van der Waals surface area contributed by atoms with Crippen LogP contribution in [-0.4, -0.2) is 71.2 Å². The Kier molecular flexibility index (Phi) is 7.16. The fraction of sp³-hybridized carbons (Fsp3) is 0.333. The van der Waals surface area contributed by atoms with Gasteiger partial charge in [-0.3, -0.25) is 14.8 Å². The number of H-pyrrole nitrogens is 1. The van der Waals surface area contributed by atoms with Gasteiger partial charge in [0.2, 0.25) is 0 Å². The third kappa shape index (κ3) is 5.35. The van der Waals surface area contributed by atoms with Crippen LogP contribution in [0, 0.1) is 0 Å². The first-order chi connectivity index (χ1) is 17.5. The number of aromatic amines is 1. The number of likely N-dealkylation sites (N-methyl/N-ethyl adjacent to an activating group) is 1. The molecule has 36 heavy (non-hydrogen) atoms. The van der Waals surface area contributed by atoms with Crippen molar-refractivity contribution in [3.63, 3.8) is 0 Å². The van der Waals surface area contributed by atoms with Gasteiger partial charge in [0.05, 0.1) is 11.4 Å². The van der Waals surface area contributed by atoms with Gasteiger partial charge in [-0.05, 0) is 68.3 Å². The second-order valence-corrected chi connectivity index (χ2v) is 10.1. The molecular formula is C30H35N5O. The van der Waals surface area contributed by atoms with Gasteiger partial charge in [0.1, 0.15) is 0 Å². The summed E-state index contributed by atoms with van der Waals surface area (Å²) in [6.07, 6.45) is 5.63. The molecule has 2 heterocycles. The maximum Gasteiger partial charge on any atom is 0.251 e. The number of rotatable bonds is 6. The highest BCUT2D eigenvalue weighted by atomic mass is 16.1. The smallest absolute Gasteiger partial charge is 0.251 e. The quantitative estimate of drug-likeness (QED) is 0.536. The number of aromatic nitrogens is 2. The van der Waals surface area contributed by atoms with E-state index in [4.69, 9.17) is 0 Å². The molecule has 1 atom stereocenters. The standard InChI is InChI=1S/C30H35N5O/c1-21(2)31-30(36)25-11-7-10-23(18-25)27-20-28(33-32-27)24-12-13-29(35-16-14-34(3)15-17-35)26(19-24)22-8-5-4-6-9-22/h4-12,18-21,29H,13-17H2,1-3H3,(H,31,36)(H,32,33). The molecule has 2 aromatic carbocycles. The lowest BCUT2D eigenvalue weighted by molar-refractivity contribution is 0.0943. The Morgan fingerprint density at radius 2 is 1.75 bits per heavy atom. The van der Waals surface area contributed by atoms with Crippen molar-refractivity contribution in [2.75, 3.05) is 33.2 Å². The van der Waals surface area contributed by atoms with Crippen LogP contribution in [0.15, 0.2) is 72.8 Å². The summed E-state index contributed by atoms with van der Waals surface area (Å²) in [5, 5.41) is 10.8. The largest absolute Gasteiger partial charge is 0.350 e. The number of hydrogen-bond acceptors (Lipinski definition) is 4. The summed E-state index contributed by atoms with van der Waals surface area (Å²) in [4.78, 5) is 17.5. The molecule has 6 nitrogen and oxygen atoms in total. The average Bonchev–Trinajstić information content (AvgIpc) is 3.40. The second kappa shape index (κ2) is 10.6. The van der Waals surface area contributed by atoms with E-state index in [-0.39, 0.29) is 11.9 Å². The second-order valence-electron chi connectivity index (χ2n) is 10.1. The summed E-state index contributed by atoms with van der Waals surface area (Å²) in [6, 6.07) is 20.9. The van der Waals surface area contributed by atoms with Gasteiger partial charge < -0.3 is 10.2 Å². The van der Waals surface area contributed by atoms with E-state index in [9.17, 15) is 4.79 Å². The molecule has 186 valence electrons. The predicted octanol–water partition coefficient (Wildman–Crippen LogP) is 4.70. The third-order valence-electron chi connectivity index (χ3n) is 7.05. The average molecular weight is 482 g/mol. The van der Waals surface area contributed by atoms with Gasteiger partial charge in [0.15, 0.2) is 0 Å². The molecule has 2 N–H and O–H groups in total. The van der Waals surface area contributed by atoms with Crippen molar-refractivity contribution in [1.29, 1.82) is 0 Å². The van der Waals surface area contributed by atoms with E-state index >= 15 is 0 Å². The van der Waals surface area contributed by atoms with Crippen molar-refractivity contribution in [2.45, 2.75) is 32.4 Å². The predicted molar refractivity (Wildman–Crippen MR) is 146 cm³/mol. The number of piperazine rings is 1. The maximum atomic E-state index is 12.5. The Balaban J connectivity index is 1.41. The van der Waals surface area contributed by atoms with E-state index < -0.39 is 0 Å². The summed E-state index contributed by atoms with van der Waals surface area (Å²) >= 11 is 0. The number of hydrogen-bond donors (Lipinski definition) is 2. The van der Waals surface area contributed by atoms with Crippen LogP contribution in [-0.2, 0) is 0 Å². The summed E-state index contributed by atoms with van der Waals surface area (Å²) in [5.41, 5.74) is 7.19. The minimum Gasteiger partial charge on any atom is -0.350 e. The molecule has 5 rings (SSSR count). The van der Waals surface area contributed by atoms with Gasteiger partial charge in [-0.25, -0.2) is 0 Å². The van der Waals surface area contributed by atoms with Crippen LogP contribution in [0.4, 0.5) is 0 Å². The topological polar surface area (TPSA) is 64.3 Å². The van der Waals surface area contributed by atoms with Crippen LogP contribution in [0.25, 0.3) is 22.4 Å². The minimum atomic E-state index is -0.0667. The summed E-state index contributed by atoms with van der Waals surface area (Å²) in [7, 11) is 2.20. The molecule has 1 amide bonds. The van der Waals surface area contributed by atoms with Crippen LogP contribution in [0.5, 0.6) is 0 Å². The van der Waals surface area contributed by atoms with Gasteiger partial charge in [-0.2, -0.15) is 5.10 Å². The summed E-state index contributed by atoms with van der Waals surface area (Å²) < 4.78 is 0. The van der Waals surface area contributed by atoms with Crippen molar-refractivity contribution in [3.05, 3.63) is 89.6 Å². The third-order valence-corrected chi connectivity index (χ3v) is 7.05. The van der Waals surface area contributed by atoms with E-state index in [1.165, 1.54) is 11.1 Å². The molecule has 3 aromatic rings. The molecule has 0 spiro atoms. The normalized spacial score (nSPS) is 19.2. The first-order valence-corrected chi connectivity index (χ1v) is 12.8. The van der Waals surface area contributed by atoms with Crippen LogP contribution in [0.2, 0.25) is 0 Å². The zero-order valence-electron chi connectivity index (χ0n) is 21.4. The van der Waals surface area contributed by atoms with Gasteiger partial charge in [0, 0.05) is 49.4 Å². The Morgan fingerprint density at radius 3 is 2.50 bits per heavy atom. The number of nitrogens with one attached hydrogen (secondary N) is 2. The number of amides is 1. The highest BCUT2D eigenvalue weighted by Gasteiger charge is 2.28. The lowest BCUT2D eigenvalue weighted by atomic mass is 9.87. The zero-order valence-corrected chi connectivity index (χ0v) is 21.4. The van der Waals surface area contributed by atoms with E-state index in [2.05, 4.69) is 80.9 Å². The Hall–Kier alpha value is -3.48. The van der Waals surface area contributed by atoms with E-state index in [1.807, 2.05) is 38.1 Å². The first-order valence-electron chi connectivity index (χ1n) is 12.8. The van der Waals surface area contributed by atoms with Crippen molar-refractivity contribution in [2.24, 2.45) is 0 Å². The van der Waals surface area contributed by atoms with Gasteiger partial charge >= 0.3 is 0 Å². The number of benzene rings is 2. The molecule has 0 bridgehead atoms. The molecule has 6 heteroatoms. The molecule has 1 fully saturated rings. The Morgan fingerprint density at radius 1 is 1.00 bits per heavy atom. The molecule has 0 saturated carbocycles. The van der Waals surface area contributed by atoms with Crippen molar-refractivity contribution in [3.8, 4) is 11.3 Å². The molecule has 1 aliphatic carbocycles. The fourth-order valence-corrected chi connectivity index (χ4v) is 5.04. The van der Waals surface area contributed by atoms with Gasteiger partial charge in [-0.1, -0.05) is 48.5 Å². The first kappa shape index (κ1) is 24.2. The lowest BCUT2D eigenvalue weighted by Crippen LogP contribution is -2.49. The highest BCUT2D eigenvalue weighted by molar-refractivity contribution is 5.95. The van der Waals surface area contributed by atoms with E-state index in [1.54, 1.807) is 0 Å². The lowest BCUT2D eigenvalue weighted by Gasteiger charge is -2.40. The Bertz CT molecular complexity index is 1270. The molecule has 1 aliphatic heterocycles. The van der Waals surface area contributed by atoms with Crippen molar-refractivity contribution < 1.29 is 4.79 Å². The van der Waals surface area contributed by atoms with Crippen molar-refractivity contribution in [1.82, 2.24) is 25.3 Å². The molecule has 1 unspecified atom stereocenters. The molecular weight excluding hydrogens is 446 g/mol. The SMILES string of the molecule is CC(C)NC(=O)c1cccc(-c2cc(C3=CCC(N4CCN(C)CC4)C(c4ccccc4)=C3)[nH]n2)c1. The molecule has 1 aromatic heterocycles. The number of carbonyl (C=O) groups is 1. The number of allylic oxidation sites excluding steroid dienone is 2. The molecule has 1 saturated heterocycles. The molecule has 0 radical (unpaired) electrons. The fourth-order valence-electron chi connectivity index (χ4n) is 5.04. The van der Waals surface area contributed by atoms with E-state index in [0.717, 1.165) is 55.1 Å². The monoisotopic (exact) mass is 481 g/mol. The number of nitrogens with zero attached hydrogens (tertiary/aromatic N) is 3.